The molecule has 1 aromatic carbocycles. The minimum atomic E-state index is -3.64. The summed E-state index contributed by atoms with van der Waals surface area (Å²) in [4.78, 5) is 24.4. The van der Waals surface area contributed by atoms with Crippen molar-refractivity contribution in [2.45, 2.75) is 44.5 Å². The first kappa shape index (κ1) is 20.9. The van der Waals surface area contributed by atoms with Gasteiger partial charge in [-0.25, -0.2) is 18.4 Å². The average Bonchev–Trinajstić information content (AvgIpc) is 2.54. The highest BCUT2D eigenvalue weighted by atomic mass is 19.3. The molecule has 2 N–H and O–H groups in total. The van der Waals surface area contributed by atoms with Gasteiger partial charge in [-0.15, -0.1) is 0 Å². The van der Waals surface area contributed by atoms with Crippen LogP contribution in [-0.4, -0.2) is 59.0 Å². The molecule has 1 aliphatic rings. The van der Waals surface area contributed by atoms with Crippen LogP contribution in [0.25, 0.3) is 0 Å². The molecule has 1 fully saturated rings. The number of amides is 2. The molecule has 0 radical (unpaired) electrons. The van der Waals surface area contributed by atoms with E-state index in [1.165, 1.54) is 0 Å². The van der Waals surface area contributed by atoms with Gasteiger partial charge in [0.15, 0.2) is 5.60 Å². The first-order valence-corrected chi connectivity index (χ1v) is 8.45. The maximum absolute atomic E-state index is 14.3. The van der Waals surface area contributed by atoms with E-state index >= 15 is 0 Å². The molecule has 1 aliphatic heterocycles. The van der Waals surface area contributed by atoms with Crippen molar-refractivity contribution in [3.05, 3.63) is 35.9 Å². The van der Waals surface area contributed by atoms with Gasteiger partial charge in [-0.3, -0.25) is 0 Å². The lowest BCUT2D eigenvalue weighted by atomic mass is 9.87. The van der Waals surface area contributed by atoms with Crippen molar-refractivity contribution in [2.75, 3.05) is 19.6 Å². The van der Waals surface area contributed by atoms with Crippen LogP contribution in [0, 0.1) is 0 Å². The van der Waals surface area contributed by atoms with E-state index in [0.29, 0.717) is 5.56 Å². The van der Waals surface area contributed by atoms with Crippen LogP contribution in [-0.2, 0) is 16.1 Å². The third-order valence-corrected chi connectivity index (χ3v) is 3.90. The van der Waals surface area contributed by atoms with E-state index in [1.54, 1.807) is 51.1 Å². The molecule has 7 nitrogen and oxygen atoms in total. The van der Waals surface area contributed by atoms with Gasteiger partial charge in [0.25, 0.3) is 5.92 Å². The number of hydrogen-bond donors (Lipinski definition) is 2. The lowest BCUT2D eigenvalue weighted by Crippen LogP contribution is -2.73. The highest BCUT2D eigenvalue weighted by Gasteiger charge is 2.61. The number of aliphatic hydroxyl groups is 1. The number of alkyl carbamates (subject to hydrolysis) is 1. The summed E-state index contributed by atoms with van der Waals surface area (Å²) < 4.78 is 38.4. The van der Waals surface area contributed by atoms with Gasteiger partial charge in [-0.2, -0.15) is 0 Å². The van der Waals surface area contributed by atoms with Crippen molar-refractivity contribution in [1.29, 1.82) is 0 Å². The molecule has 0 aliphatic carbocycles. The first-order valence-electron chi connectivity index (χ1n) is 8.45. The normalized spacial score (nSPS) is 16.3. The fourth-order valence-electron chi connectivity index (χ4n) is 2.39. The largest absolute Gasteiger partial charge is 0.445 e. The van der Waals surface area contributed by atoms with Crippen molar-refractivity contribution in [2.24, 2.45) is 0 Å². The zero-order valence-electron chi connectivity index (χ0n) is 15.5. The van der Waals surface area contributed by atoms with E-state index in [-0.39, 0.29) is 6.61 Å². The summed E-state index contributed by atoms with van der Waals surface area (Å²) >= 11 is 0. The Kier molecular flexibility index (Phi) is 5.94. The SMILES string of the molecule is CC(C)(C)OC(=O)N1CC(O)(C(F)(F)CNC(=O)OCc2ccccc2)C1. The molecular weight excluding hydrogens is 362 g/mol. The third-order valence-electron chi connectivity index (χ3n) is 3.90. The molecule has 9 heteroatoms. The number of nitrogens with one attached hydrogen (secondary N) is 1. The van der Waals surface area contributed by atoms with Crippen LogP contribution in [0.1, 0.15) is 26.3 Å². The Hall–Kier alpha value is -2.42. The molecule has 1 saturated heterocycles. The van der Waals surface area contributed by atoms with E-state index < -0.39 is 48.9 Å². The van der Waals surface area contributed by atoms with E-state index in [9.17, 15) is 23.5 Å². The third kappa shape index (κ3) is 5.53. The molecule has 1 aromatic rings. The Bertz CT molecular complexity index is 670. The van der Waals surface area contributed by atoms with Gasteiger partial charge in [0.1, 0.15) is 12.2 Å². The summed E-state index contributed by atoms with van der Waals surface area (Å²) in [5, 5.41) is 12.0. The molecule has 150 valence electrons. The van der Waals surface area contributed by atoms with Gasteiger partial charge < -0.3 is 24.8 Å². The molecule has 1 heterocycles. The summed E-state index contributed by atoms with van der Waals surface area (Å²) in [6.07, 6.45) is -1.80. The number of alkyl halides is 2. The molecule has 0 aromatic heterocycles. The van der Waals surface area contributed by atoms with Crippen LogP contribution in [0.4, 0.5) is 18.4 Å². The summed E-state index contributed by atoms with van der Waals surface area (Å²) in [5.41, 5.74) is -2.49. The number of carbonyl (C=O) groups is 2. The Morgan fingerprint density at radius 2 is 1.81 bits per heavy atom. The minimum Gasteiger partial charge on any atom is -0.445 e. The summed E-state index contributed by atoms with van der Waals surface area (Å²) in [5.74, 6) is -3.64. The molecule has 2 amide bonds. The highest BCUT2D eigenvalue weighted by Crippen LogP contribution is 2.37. The summed E-state index contributed by atoms with van der Waals surface area (Å²) in [7, 11) is 0. The van der Waals surface area contributed by atoms with Crippen molar-refractivity contribution in [3.63, 3.8) is 0 Å². The molecule has 2 rings (SSSR count). The summed E-state index contributed by atoms with van der Waals surface area (Å²) in [6, 6.07) is 8.76. The van der Waals surface area contributed by atoms with Crippen LogP contribution in [0.2, 0.25) is 0 Å². The van der Waals surface area contributed by atoms with Crippen LogP contribution in [0.3, 0.4) is 0 Å². The van der Waals surface area contributed by atoms with Gasteiger partial charge >= 0.3 is 12.2 Å². The van der Waals surface area contributed by atoms with Crippen molar-refractivity contribution >= 4 is 12.2 Å². The van der Waals surface area contributed by atoms with E-state index in [1.807, 2.05) is 5.32 Å². The van der Waals surface area contributed by atoms with Gasteiger partial charge in [0.05, 0.1) is 19.6 Å². The molecule has 0 spiro atoms. The van der Waals surface area contributed by atoms with E-state index in [4.69, 9.17) is 9.47 Å². The Labute approximate surface area is 156 Å². The second-order valence-corrected chi connectivity index (χ2v) is 7.49. The van der Waals surface area contributed by atoms with Gasteiger partial charge in [-0.05, 0) is 26.3 Å². The number of benzene rings is 1. The Morgan fingerprint density at radius 3 is 2.37 bits per heavy atom. The molecule has 0 unspecified atom stereocenters. The predicted molar refractivity (Wildman–Crippen MR) is 92.3 cm³/mol. The number of halogens is 2. The Balaban J connectivity index is 1.79. The predicted octanol–water partition coefficient (Wildman–Crippen LogP) is 2.53. The molecule has 0 bridgehead atoms. The maximum atomic E-state index is 14.3. The molecule has 0 atom stereocenters. The minimum absolute atomic E-state index is 0.0606. The smallest absolute Gasteiger partial charge is 0.410 e. The molecular formula is C18H24F2N2O5. The number of rotatable bonds is 5. The van der Waals surface area contributed by atoms with Gasteiger partial charge in [0.2, 0.25) is 0 Å². The lowest BCUT2D eigenvalue weighted by Gasteiger charge is -2.49. The van der Waals surface area contributed by atoms with Crippen molar-refractivity contribution in [3.8, 4) is 0 Å². The fraction of sp³-hybridized carbons (Fsp3) is 0.556. The van der Waals surface area contributed by atoms with Crippen LogP contribution >= 0.6 is 0 Å². The van der Waals surface area contributed by atoms with E-state index in [0.717, 1.165) is 4.90 Å². The van der Waals surface area contributed by atoms with Gasteiger partial charge in [0, 0.05) is 0 Å². The number of carbonyl (C=O) groups excluding carboxylic acids is 2. The fourth-order valence-corrected chi connectivity index (χ4v) is 2.39. The van der Waals surface area contributed by atoms with Crippen molar-refractivity contribution in [1.82, 2.24) is 10.2 Å². The Morgan fingerprint density at radius 1 is 1.22 bits per heavy atom. The van der Waals surface area contributed by atoms with Gasteiger partial charge in [-0.1, -0.05) is 30.3 Å². The first-order chi connectivity index (χ1) is 12.4. The monoisotopic (exact) mass is 386 g/mol. The van der Waals surface area contributed by atoms with E-state index in [2.05, 4.69) is 0 Å². The average molecular weight is 386 g/mol. The zero-order valence-corrected chi connectivity index (χ0v) is 15.5. The van der Waals surface area contributed by atoms with Crippen LogP contribution < -0.4 is 5.32 Å². The van der Waals surface area contributed by atoms with Crippen LogP contribution in [0.15, 0.2) is 30.3 Å². The maximum Gasteiger partial charge on any atom is 0.410 e. The summed E-state index contributed by atoms with van der Waals surface area (Å²) in [6.45, 7) is 2.60. The number of ether oxygens (including phenoxy) is 2. The topological polar surface area (TPSA) is 88.1 Å². The number of nitrogens with zero attached hydrogens (tertiary/aromatic N) is 1. The lowest BCUT2D eigenvalue weighted by molar-refractivity contribution is -0.231. The van der Waals surface area contributed by atoms with Crippen LogP contribution in [0.5, 0.6) is 0 Å². The number of hydrogen-bond acceptors (Lipinski definition) is 5. The molecule has 27 heavy (non-hydrogen) atoms. The zero-order chi connectivity index (χ0) is 20.3. The van der Waals surface area contributed by atoms with Crippen molar-refractivity contribution < 1.29 is 33.0 Å². The highest BCUT2D eigenvalue weighted by molar-refractivity contribution is 5.70. The standard InChI is InChI=1S/C18H24F2N2O5/c1-16(2,3)27-15(24)22-11-17(25,12-22)18(19,20)10-21-14(23)26-9-13-7-5-4-6-8-13/h4-8,25H,9-12H2,1-3H3,(H,21,23). The molecule has 0 saturated carbocycles. The number of β-amino-alcohol motifs (C(OH)–C–C–N with tert-alkyl or cyclic N) is 1. The number of likely N-dealkylation sites (tertiary alicyclic amines) is 1. The second kappa shape index (κ2) is 7.67. The second-order valence-electron chi connectivity index (χ2n) is 7.49. The quantitative estimate of drug-likeness (QED) is 0.812.